The first kappa shape index (κ1) is 21.5. The summed E-state index contributed by atoms with van der Waals surface area (Å²) in [6.07, 6.45) is 4.97. The van der Waals surface area contributed by atoms with Crippen molar-refractivity contribution in [1.29, 1.82) is 0 Å². The Morgan fingerprint density at radius 1 is 1.10 bits per heavy atom. The number of fused-ring (bicyclic) bond motifs is 1. The summed E-state index contributed by atoms with van der Waals surface area (Å²) in [5, 5.41) is 3.24. The molecule has 0 atom stereocenters. The van der Waals surface area contributed by atoms with Gasteiger partial charge < -0.3 is 9.73 Å². The summed E-state index contributed by atoms with van der Waals surface area (Å²) in [5.74, 6) is -0.789. The van der Waals surface area contributed by atoms with E-state index in [9.17, 15) is 17.6 Å². The second-order valence-electron chi connectivity index (χ2n) is 7.99. The Morgan fingerprint density at radius 2 is 1.77 bits per heavy atom. The summed E-state index contributed by atoms with van der Waals surface area (Å²) in [5.41, 5.74) is 1.41. The van der Waals surface area contributed by atoms with Crippen LogP contribution >= 0.6 is 0 Å². The normalized spacial score (nSPS) is 15.5. The molecule has 164 valence electrons. The topological polar surface area (TPSA) is 79.6 Å². The molecular weight excluding hydrogens is 419 g/mol. The molecule has 0 unspecified atom stereocenters. The number of sulfonamides is 1. The molecule has 0 radical (unpaired) electrons. The summed E-state index contributed by atoms with van der Waals surface area (Å²) >= 11 is 0. The summed E-state index contributed by atoms with van der Waals surface area (Å²) in [6, 6.07) is 10.1. The highest BCUT2D eigenvalue weighted by Gasteiger charge is 2.30. The number of carbonyl (C=O) groups is 1. The van der Waals surface area contributed by atoms with Gasteiger partial charge in [-0.05, 0) is 62.2 Å². The average molecular weight is 445 g/mol. The van der Waals surface area contributed by atoms with Crippen molar-refractivity contribution in [3.05, 3.63) is 59.6 Å². The molecular formula is C23H25FN2O4S. The van der Waals surface area contributed by atoms with Gasteiger partial charge in [0.15, 0.2) is 5.76 Å². The van der Waals surface area contributed by atoms with E-state index >= 15 is 0 Å². The summed E-state index contributed by atoms with van der Waals surface area (Å²) in [6.45, 7) is 1.71. The number of anilines is 1. The molecule has 1 aliphatic carbocycles. The molecule has 2 aromatic carbocycles. The number of carbonyl (C=O) groups excluding carboxylic acids is 1. The van der Waals surface area contributed by atoms with Crippen molar-refractivity contribution in [3.63, 3.8) is 0 Å². The Labute approximate surface area is 181 Å². The fourth-order valence-corrected chi connectivity index (χ4v) is 5.55. The van der Waals surface area contributed by atoms with Gasteiger partial charge in [0, 0.05) is 29.7 Å². The SMILES string of the molecule is Cc1c(C(=O)Nc2ccc(F)cc2)oc2ccc(S(=O)(=O)N(C)C3CCCCC3)cc12. The minimum atomic E-state index is -3.65. The van der Waals surface area contributed by atoms with Gasteiger partial charge in [-0.15, -0.1) is 0 Å². The van der Waals surface area contributed by atoms with Crippen LogP contribution in [0.25, 0.3) is 11.0 Å². The highest BCUT2D eigenvalue weighted by molar-refractivity contribution is 7.89. The first-order chi connectivity index (χ1) is 14.8. The number of hydrogen-bond acceptors (Lipinski definition) is 4. The molecule has 4 rings (SSSR count). The van der Waals surface area contributed by atoms with Crippen LogP contribution in [0.3, 0.4) is 0 Å². The molecule has 3 aromatic rings. The van der Waals surface area contributed by atoms with Crippen LogP contribution in [0.5, 0.6) is 0 Å². The number of nitrogens with zero attached hydrogens (tertiary/aromatic N) is 1. The molecule has 1 aromatic heterocycles. The second-order valence-corrected chi connectivity index (χ2v) is 9.99. The summed E-state index contributed by atoms with van der Waals surface area (Å²) in [7, 11) is -2.02. The van der Waals surface area contributed by atoms with Crippen molar-refractivity contribution in [1.82, 2.24) is 4.31 Å². The zero-order valence-corrected chi connectivity index (χ0v) is 18.3. The third-order valence-corrected chi connectivity index (χ3v) is 7.89. The quantitative estimate of drug-likeness (QED) is 0.595. The molecule has 1 fully saturated rings. The smallest absolute Gasteiger partial charge is 0.291 e. The molecule has 0 bridgehead atoms. The minimum absolute atomic E-state index is 0.0111. The molecule has 8 heteroatoms. The van der Waals surface area contributed by atoms with Crippen molar-refractivity contribution >= 4 is 32.6 Å². The molecule has 0 aliphatic heterocycles. The second kappa shape index (κ2) is 8.43. The molecule has 1 heterocycles. The number of halogens is 1. The number of benzene rings is 2. The van der Waals surface area contributed by atoms with Gasteiger partial charge in [-0.2, -0.15) is 4.31 Å². The Hall–Kier alpha value is -2.71. The van der Waals surface area contributed by atoms with Crippen LogP contribution in [0.15, 0.2) is 51.8 Å². The predicted molar refractivity (Wildman–Crippen MR) is 117 cm³/mol. The first-order valence-electron chi connectivity index (χ1n) is 10.4. The molecule has 0 saturated heterocycles. The van der Waals surface area contributed by atoms with Gasteiger partial charge in [0.25, 0.3) is 5.91 Å². The van der Waals surface area contributed by atoms with Gasteiger partial charge in [-0.25, -0.2) is 12.8 Å². The first-order valence-corrected chi connectivity index (χ1v) is 11.8. The van der Waals surface area contributed by atoms with Crippen LogP contribution in [0, 0.1) is 12.7 Å². The Kier molecular flexibility index (Phi) is 5.85. The average Bonchev–Trinajstić information content (AvgIpc) is 3.11. The summed E-state index contributed by atoms with van der Waals surface area (Å²) < 4.78 is 46.6. The molecule has 1 aliphatic rings. The van der Waals surface area contributed by atoms with E-state index < -0.39 is 21.7 Å². The molecule has 0 spiro atoms. The van der Waals surface area contributed by atoms with Gasteiger partial charge in [0.05, 0.1) is 4.90 Å². The summed E-state index contributed by atoms with van der Waals surface area (Å²) in [4.78, 5) is 12.8. The standard InChI is InChI=1S/C23H25FN2O4S/c1-15-20-14-19(31(28,29)26(2)18-6-4-3-5-7-18)12-13-21(20)30-22(15)23(27)25-17-10-8-16(24)9-11-17/h8-14,18H,3-7H2,1-2H3,(H,25,27). The molecule has 31 heavy (non-hydrogen) atoms. The number of rotatable bonds is 5. The lowest BCUT2D eigenvalue weighted by molar-refractivity contribution is 0.0998. The number of nitrogens with one attached hydrogen (secondary N) is 1. The van der Waals surface area contributed by atoms with Crippen molar-refractivity contribution in [3.8, 4) is 0 Å². The van der Waals surface area contributed by atoms with E-state index in [1.165, 1.54) is 34.6 Å². The van der Waals surface area contributed by atoms with Crippen molar-refractivity contribution in [2.75, 3.05) is 12.4 Å². The maximum Gasteiger partial charge on any atom is 0.291 e. The third kappa shape index (κ3) is 4.22. The largest absolute Gasteiger partial charge is 0.451 e. The third-order valence-electron chi connectivity index (χ3n) is 5.98. The Morgan fingerprint density at radius 3 is 2.45 bits per heavy atom. The minimum Gasteiger partial charge on any atom is -0.451 e. The van der Waals surface area contributed by atoms with E-state index in [-0.39, 0.29) is 16.7 Å². The van der Waals surface area contributed by atoms with Crippen molar-refractivity contribution in [2.45, 2.75) is 50.0 Å². The maximum atomic E-state index is 13.2. The van der Waals surface area contributed by atoms with E-state index in [2.05, 4.69) is 5.32 Å². The van der Waals surface area contributed by atoms with E-state index in [0.29, 0.717) is 22.2 Å². The number of aryl methyl sites for hydroxylation is 1. The lowest BCUT2D eigenvalue weighted by Crippen LogP contribution is -2.38. The molecule has 1 N–H and O–H groups in total. The highest BCUT2D eigenvalue weighted by Crippen LogP contribution is 2.31. The molecule has 6 nitrogen and oxygen atoms in total. The number of hydrogen-bond donors (Lipinski definition) is 1. The van der Waals surface area contributed by atoms with E-state index in [1.807, 2.05) is 0 Å². The van der Waals surface area contributed by atoms with Gasteiger partial charge in [-0.3, -0.25) is 4.79 Å². The zero-order chi connectivity index (χ0) is 22.2. The fraction of sp³-hybridized carbons (Fsp3) is 0.348. The van der Waals surface area contributed by atoms with Crippen molar-refractivity contribution < 1.29 is 22.0 Å². The fourth-order valence-electron chi connectivity index (χ4n) is 4.11. The van der Waals surface area contributed by atoms with Crippen LogP contribution in [0.4, 0.5) is 10.1 Å². The number of amides is 1. The lowest BCUT2D eigenvalue weighted by atomic mass is 9.96. The monoisotopic (exact) mass is 444 g/mol. The Bertz CT molecular complexity index is 1210. The van der Waals surface area contributed by atoms with Crippen molar-refractivity contribution in [2.24, 2.45) is 0 Å². The molecule has 1 saturated carbocycles. The van der Waals surface area contributed by atoms with E-state index in [0.717, 1.165) is 32.1 Å². The van der Waals surface area contributed by atoms with Crippen LogP contribution in [0.2, 0.25) is 0 Å². The highest BCUT2D eigenvalue weighted by atomic mass is 32.2. The van der Waals surface area contributed by atoms with E-state index in [4.69, 9.17) is 4.42 Å². The Balaban J connectivity index is 1.63. The van der Waals surface area contributed by atoms with Crippen LogP contribution in [-0.4, -0.2) is 31.7 Å². The van der Waals surface area contributed by atoms with Crippen LogP contribution < -0.4 is 5.32 Å². The zero-order valence-electron chi connectivity index (χ0n) is 17.5. The van der Waals surface area contributed by atoms with Gasteiger partial charge in [-0.1, -0.05) is 19.3 Å². The predicted octanol–water partition coefficient (Wildman–Crippen LogP) is 5.09. The van der Waals surface area contributed by atoms with Crippen LogP contribution in [-0.2, 0) is 10.0 Å². The van der Waals surface area contributed by atoms with Crippen LogP contribution in [0.1, 0.15) is 48.2 Å². The lowest BCUT2D eigenvalue weighted by Gasteiger charge is -2.30. The van der Waals surface area contributed by atoms with Gasteiger partial charge >= 0.3 is 0 Å². The van der Waals surface area contributed by atoms with E-state index in [1.54, 1.807) is 26.1 Å². The maximum absolute atomic E-state index is 13.2. The number of furan rings is 1. The van der Waals surface area contributed by atoms with Gasteiger partial charge in [0.2, 0.25) is 10.0 Å². The molecule has 1 amide bonds. The van der Waals surface area contributed by atoms with Gasteiger partial charge in [0.1, 0.15) is 11.4 Å².